The average Bonchev–Trinajstić information content (AvgIpc) is 2.17. The van der Waals surface area contributed by atoms with E-state index in [0.29, 0.717) is 11.1 Å². The Morgan fingerprint density at radius 2 is 1.88 bits per heavy atom. The van der Waals surface area contributed by atoms with Gasteiger partial charge in [0.2, 0.25) is 0 Å². The van der Waals surface area contributed by atoms with E-state index in [2.05, 4.69) is 9.72 Å². The molecule has 0 aliphatic rings. The molecule has 0 aliphatic heterocycles. The van der Waals surface area contributed by atoms with Crippen LogP contribution in [0.1, 0.15) is 11.3 Å². The fourth-order valence-electron chi connectivity index (χ4n) is 1.76. The molecule has 1 aromatic heterocycles. The summed E-state index contributed by atoms with van der Waals surface area (Å²) in [6.45, 7) is 3.56. The second-order valence-electron chi connectivity index (χ2n) is 3.78. The van der Waals surface area contributed by atoms with Crippen LogP contribution in [0.15, 0.2) is 24.3 Å². The third kappa shape index (κ3) is 2.49. The van der Waals surface area contributed by atoms with E-state index in [-0.39, 0.29) is 11.3 Å². The average molecular weight is 241 g/mol. The summed E-state index contributed by atoms with van der Waals surface area (Å²) in [6.07, 6.45) is -4.70. The number of nitrogens with zero attached hydrogens (tertiary/aromatic N) is 1. The zero-order valence-corrected chi connectivity index (χ0v) is 9.30. The molecule has 2 rings (SSSR count). The molecule has 0 radical (unpaired) electrons. The fraction of sp³-hybridized carbons (Fsp3) is 0.250. The highest BCUT2D eigenvalue weighted by Gasteiger charge is 2.32. The Morgan fingerprint density at radius 1 is 1.18 bits per heavy atom. The number of ether oxygens (including phenoxy) is 1. The Bertz CT molecular complexity index is 563. The molecule has 1 heterocycles. The van der Waals surface area contributed by atoms with Gasteiger partial charge in [-0.15, -0.1) is 13.2 Å². The lowest BCUT2D eigenvalue weighted by Crippen LogP contribution is -2.17. The van der Waals surface area contributed by atoms with Crippen LogP contribution in [-0.2, 0) is 0 Å². The normalized spacial score (nSPS) is 11.8. The Labute approximate surface area is 96.0 Å². The van der Waals surface area contributed by atoms with Crippen LogP contribution in [-0.4, -0.2) is 11.3 Å². The van der Waals surface area contributed by atoms with Crippen LogP contribution in [0.3, 0.4) is 0 Å². The van der Waals surface area contributed by atoms with Crippen molar-refractivity contribution in [3.63, 3.8) is 0 Å². The molecule has 0 aliphatic carbocycles. The first-order valence-electron chi connectivity index (χ1n) is 4.99. The lowest BCUT2D eigenvalue weighted by molar-refractivity contribution is -0.274. The molecule has 2 nitrogen and oxygen atoms in total. The van der Waals surface area contributed by atoms with Crippen LogP contribution < -0.4 is 4.74 Å². The number of benzene rings is 1. The first kappa shape index (κ1) is 11.7. The predicted molar refractivity (Wildman–Crippen MR) is 57.9 cm³/mol. The van der Waals surface area contributed by atoms with Gasteiger partial charge in [0.1, 0.15) is 5.52 Å². The number of alkyl halides is 3. The number of hydrogen-bond donors (Lipinski definition) is 0. The van der Waals surface area contributed by atoms with Crippen molar-refractivity contribution in [3.05, 3.63) is 35.5 Å². The van der Waals surface area contributed by atoms with Gasteiger partial charge >= 0.3 is 6.36 Å². The van der Waals surface area contributed by atoms with Gasteiger partial charge in [-0.2, -0.15) is 0 Å². The third-order valence-corrected chi connectivity index (χ3v) is 2.36. The molecule has 90 valence electrons. The number of para-hydroxylation sites is 1. The maximum atomic E-state index is 12.2. The third-order valence-electron chi connectivity index (χ3n) is 2.36. The van der Waals surface area contributed by atoms with Crippen molar-refractivity contribution in [2.45, 2.75) is 20.2 Å². The Kier molecular flexibility index (Phi) is 2.69. The van der Waals surface area contributed by atoms with Crippen LogP contribution in [0, 0.1) is 13.8 Å². The summed E-state index contributed by atoms with van der Waals surface area (Å²) < 4.78 is 40.6. The van der Waals surface area contributed by atoms with Gasteiger partial charge in [0.15, 0.2) is 5.75 Å². The van der Waals surface area contributed by atoms with Gasteiger partial charge in [0, 0.05) is 11.1 Å². The minimum absolute atomic E-state index is 0.238. The number of aryl methyl sites for hydroxylation is 2. The summed E-state index contributed by atoms with van der Waals surface area (Å²) in [4.78, 5) is 4.10. The van der Waals surface area contributed by atoms with Gasteiger partial charge in [0.25, 0.3) is 0 Å². The van der Waals surface area contributed by atoms with Crippen molar-refractivity contribution in [2.75, 3.05) is 0 Å². The molecule has 5 heteroatoms. The van der Waals surface area contributed by atoms with Gasteiger partial charge in [-0.1, -0.05) is 12.1 Å². The van der Waals surface area contributed by atoms with E-state index in [9.17, 15) is 13.2 Å². The van der Waals surface area contributed by atoms with Crippen LogP contribution in [0.5, 0.6) is 5.75 Å². The molecular formula is C12H10F3NO. The van der Waals surface area contributed by atoms with Crippen molar-refractivity contribution in [1.29, 1.82) is 0 Å². The molecule has 0 amide bonds. The summed E-state index contributed by atoms with van der Waals surface area (Å²) >= 11 is 0. The number of aromatic nitrogens is 1. The van der Waals surface area contributed by atoms with Gasteiger partial charge in [-0.05, 0) is 31.5 Å². The summed E-state index contributed by atoms with van der Waals surface area (Å²) in [5.74, 6) is -0.262. The summed E-state index contributed by atoms with van der Waals surface area (Å²) in [7, 11) is 0. The highest BCUT2D eigenvalue weighted by molar-refractivity contribution is 5.87. The minimum atomic E-state index is -4.70. The van der Waals surface area contributed by atoms with Crippen LogP contribution >= 0.6 is 0 Å². The predicted octanol–water partition coefficient (Wildman–Crippen LogP) is 3.75. The molecule has 2 aromatic rings. The SMILES string of the molecule is Cc1cc(C)c2cccc(OC(F)(F)F)c2n1. The molecule has 0 saturated carbocycles. The van der Waals surface area contributed by atoms with Crippen molar-refractivity contribution in [2.24, 2.45) is 0 Å². The molecular weight excluding hydrogens is 231 g/mol. The second-order valence-corrected chi connectivity index (χ2v) is 3.78. The Balaban J connectivity index is 2.64. The van der Waals surface area contributed by atoms with Gasteiger partial charge in [-0.25, -0.2) is 4.98 Å². The van der Waals surface area contributed by atoms with Gasteiger partial charge in [0.05, 0.1) is 0 Å². The van der Waals surface area contributed by atoms with E-state index in [1.165, 1.54) is 12.1 Å². The maximum Gasteiger partial charge on any atom is 0.573 e. The van der Waals surface area contributed by atoms with Crippen molar-refractivity contribution in [3.8, 4) is 5.75 Å². The second kappa shape index (κ2) is 3.91. The largest absolute Gasteiger partial charge is 0.573 e. The molecule has 0 atom stereocenters. The molecule has 0 fully saturated rings. The first-order chi connectivity index (χ1) is 7.87. The first-order valence-corrected chi connectivity index (χ1v) is 4.99. The number of rotatable bonds is 1. The standard InChI is InChI=1S/C12H10F3NO/c1-7-6-8(2)16-11-9(7)4-3-5-10(11)17-12(13,14)15/h3-6H,1-2H3. The Hall–Kier alpha value is -1.78. The van der Waals surface area contributed by atoms with E-state index < -0.39 is 6.36 Å². The lowest BCUT2D eigenvalue weighted by Gasteiger charge is -2.12. The lowest BCUT2D eigenvalue weighted by atomic mass is 10.1. The van der Waals surface area contributed by atoms with E-state index in [4.69, 9.17) is 0 Å². The minimum Gasteiger partial charge on any atom is -0.403 e. The molecule has 0 bridgehead atoms. The topological polar surface area (TPSA) is 22.1 Å². The molecule has 17 heavy (non-hydrogen) atoms. The number of halogens is 3. The summed E-state index contributed by atoms with van der Waals surface area (Å²) in [5, 5.41) is 0.664. The molecule has 0 saturated heterocycles. The van der Waals surface area contributed by atoms with Crippen LogP contribution in [0.25, 0.3) is 10.9 Å². The van der Waals surface area contributed by atoms with Crippen LogP contribution in [0.2, 0.25) is 0 Å². The van der Waals surface area contributed by atoms with Gasteiger partial charge < -0.3 is 4.74 Å². The van der Waals surface area contributed by atoms with Crippen molar-refractivity contribution < 1.29 is 17.9 Å². The van der Waals surface area contributed by atoms with E-state index >= 15 is 0 Å². The molecule has 0 unspecified atom stereocenters. The molecule has 0 N–H and O–H groups in total. The monoisotopic (exact) mass is 241 g/mol. The molecule has 1 aromatic carbocycles. The highest BCUT2D eigenvalue weighted by Crippen LogP contribution is 2.30. The smallest absolute Gasteiger partial charge is 0.403 e. The van der Waals surface area contributed by atoms with E-state index in [1.807, 2.05) is 13.0 Å². The summed E-state index contributed by atoms with van der Waals surface area (Å²) in [6, 6.07) is 6.33. The maximum absolute atomic E-state index is 12.2. The Morgan fingerprint density at radius 3 is 2.53 bits per heavy atom. The molecule has 0 spiro atoms. The van der Waals surface area contributed by atoms with Crippen molar-refractivity contribution >= 4 is 10.9 Å². The number of pyridine rings is 1. The zero-order chi connectivity index (χ0) is 12.6. The quantitative estimate of drug-likeness (QED) is 0.758. The highest BCUT2D eigenvalue weighted by atomic mass is 19.4. The van der Waals surface area contributed by atoms with E-state index in [0.717, 1.165) is 5.56 Å². The van der Waals surface area contributed by atoms with Crippen molar-refractivity contribution in [1.82, 2.24) is 4.98 Å². The summed E-state index contributed by atoms with van der Waals surface area (Å²) in [5.41, 5.74) is 1.77. The zero-order valence-electron chi connectivity index (χ0n) is 9.30. The van der Waals surface area contributed by atoms with Crippen LogP contribution in [0.4, 0.5) is 13.2 Å². The number of hydrogen-bond acceptors (Lipinski definition) is 2. The fourth-order valence-corrected chi connectivity index (χ4v) is 1.76. The van der Waals surface area contributed by atoms with Gasteiger partial charge in [-0.3, -0.25) is 0 Å². The van der Waals surface area contributed by atoms with E-state index in [1.54, 1.807) is 13.0 Å². The number of fused-ring (bicyclic) bond motifs is 1.